The summed E-state index contributed by atoms with van der Waals surface area (Å²) >= 11 is 5.69. The van der Waals surface area contributed by atoms with E-state index in [0.717, 1.165) is 16.3 Å². The van der Waals surface area contributed by atoms with Crippen LogP contribution in [0, 0.1) is 0 Å². The molecule has 2 N–H and O–H groups in total. The van der Waals surface area contributed by atoms with Crippen LogP contribution in [0.4, 0.5) is 0 Å². The molecule has 1 aromatic heterocycles. The minimum atomic E-state index is -0.953. The van der Waals surface area contributed by atoms with Crippen molar-refractivity contribution in [2.24, 2.45) is 0 Å². The zero-order chi connectivity index (χ0) is 18.7. The number of aliphatic hydroxyl groups is 1. The predicted molar refractivity (Wildman–Crippen MR) is 91.4 cm³/mol. The van der Waals surface area contributed by atoms with Crippen LogP contribution in [0.5, 0.6) is 0 Å². The van der Waals surface area contributed by atoms with Gasteiger partial charge in [0.25, 0.3) is 5.56 Å². The van der Waals surface area contributed by atoms with Crippen LogP contribution in [0.25, 0.3) is 0 Å². The van der Waals surface area contributed by atoms with Gasteiger partial charge in [0.2, 0.25) is 11.5 Å². The lowest BCUT2D eigenvalue weighted by Gasteiger charge is -2.08. The molecule has 0 saturated carbocycles. The van der Waals surface area contributed by atoms with Crippen molar-refractivity contribution in [1.29, 1.82) is 0 Å². The molecule has 8 nitrogen and oxygen atoms in total. The number of hydrogen-bond donors (Lipinski definition) is 2. The molecule has 1 aromatic carbocycles. The first-order valence-electron chi connectivity index (χ1n) is 7.47. The monoisotopic (exact) mass is 376 g/mol. The Hall–Kier alpha value is -3.26. The van der Waals surface area contributed by atoms with Crippen molar-refractivity contribution in [1.82, 2.24) is 9.55 Å². The van der Waals surface area contributed by atoms with Gasteiger partial charge >= 0.3 is 11.7 Å². The van der Waals surface area contributed by atoms with E-state index in [-0.39, 0.29) is 29.7 Å². The highest BCUT2D eigenvalue weighted by Crippen LogP contribution is 2.26. The van der Waals surface area contributed by atoms with Gasteiger partial charge in [-0.25, -0.2) is 9.59 Å². The van der Waals surface area contributed by atoms with Gasteiger partial charge < -0.3 is 14.6 Å². The van der Waals surface area contributed by atoms with Crippen LogP contribution in [0.2, 0.25) is 5.02 Å². The molecular formula is C17H13ClN2O6. The molecule has 9 heteroatoms. The molecule has 0 bridgehead atoms. The summed E-state index contributed by atoms with van der Waals surface area (Å²) in [5, 5.41) is 9.68. The number of hydrogen-bond acceptors (Lipinski definition) is 6. The number of rotatable bonds is 5. The summed E-state index contributed by atoms with van der Waals surface area (Å²) in [5.74, 6) is -1.76. The molecule has 2 aromatic rings. The highest BCUT2D eigenvalue weighted by atomic mass is 35.5. The molecule has 1 aliphatic rings. The number of nitrogens with one attached hydrogen (secondary N) is 1. The van der Waals surface area contributed by atoms with Crippen LogP contribution in [0.15, 0.2) is 69.5 Å². The van der Waals surface area contributed by atoms with Gasteiger partial charge in [-0.15, -0.1) is 0 Å². The number of esters is 1. The van der Waals surface area contributed by atoms with Gasteiger partial charge in [-0.2, -0.15) is 0 Å². The lowest BCUT2D eigenvalue weighted by molar-refractivity contribution is -0.135. The van der Waals surface area contributed by atoms with E-state index in [9.17, 15) is 19.5 Å². The summed E-state index contributed by atoms with van der Waals surface area (Å²) in [6.45, 7) is 0.0437. The predicted octanol–water partition coefficient (Wildman–Crippen LogP) is 1.62. The number of carbonyl (C=O) groups is 1. The van der Waals surface area contributed by atoms with Crippen molar-refractivity contribution in [3.63, 3.8) is 0 Å². The third-order valence-electron chi connectivity index (χ3n) is 3.50. The van der Waals surface area contributed by atoms with E-state index in [0.29, 0.717) is 0 Å². The molecule has 26 heavy (non-hydrogen) atoms. The Morgan fingerprint density at radius 1 is 1.23 bits per heavy atom. The Morgan fingerprint density at radius 3 is 2.69 bits per heavy atom. The van der Waals surface area contributed by atoms with E-state index in [1.807, 2.05) is 35.3 Å². The second-order valence-electron chi connectivity index (χ2n) is 5.30. The van der Waals surface area contributed by atoms with E-state index < -0.39 is 23.0 Å². The van der Waals surface area contributed by atoms with Crippen molar-refractivity contribution < 1.29 is 19.4 Å². The number of aromatic amines is 1. The molecule has 3 rings (SSSR count). The van der Waals surface area contributed by atoms with Gasteiger partial charge in [0.1, 0.15) is 11.6 Å². The number of allylic oxidation sites excluding steroid dienone is 1. The second kappa shape index (κ2) is 7.32. The van der Waals surface area contributed by atoms with Crippen molar-refractivity contribution in [3.05, 3.63) is 91.3 Å². The number of carbonyl (C=O) groups excluding carboxylic acids is 1. The number of aliphatic hydroxyl groups excluding tert-OH is 1. The van der Waals surface area contributed by atoms with Crippen LogP contribution < -0.4 is 11.2 Å². The fraction of sp³-hybridized carbons (Fsp3) is 0.118. The summed E-state index contributed by atoms with van der Waals surface area (Å²) in [4.78, 5) is 36.6. The van der Waals surface area contributed by atoms with Crippen molar-refractivity contribution >= 4 is 17.6 Å². The number of nitrogens with zero attached hydrogens (tertiary/aromatic N) is 1. The Bertz CT molecular complexity index is 1020. The molecular weight excluding hydrogens is 364 g/mol. The van der Waals surface area contributed by atoms with Crippen LogP contribution in [-0.2, 0) is 27.4 Å². The van der Waals surface area contributed by atoms with Gasteiger partial charge in [0.15, 0.2) is 5.76 Å². The van der Waals surface area contributed by atoms with Gasteiger partial charge in [0.05, 0.1) is 0 Å². The van der Waals surface area contributed by atoms with E-state index in [1.165, 1.54) is 6.08 Å². The fourth-order valence-electron chi connectivity index (χ4n) is 2.21. The lowest BCUT2D eigenvalue weighted by Crippen LogP contribution is -2.29. The zero-order valence-corrected chi connectivity index (χ0v) is 14.0. The fourth-order valence-corrected chi connectivity index (χ4v) is 2.37. The van der Waals surface area contributed by atoms with Crippen molar-refractivity contribution in [2.75, 3.05) is 0 Å². The molecule has 0 fully saturated rings. The molecule has 0 unspecified atom stereocenters. The van der Waals surface area contributed by atoms with Crippen LogP contribution >= 0.6 is 11.6 Å². The molecule has 0 atom stereocenters. The molecule has 2 heterocycles. The first-order valence-corrected chi connectivity index (χ1v) is 7.85. The normalized spacial score (nSPS) is 15.4. The Balaban J connectivity index is 1.81. The average molecular weight is 377 g/mol. The van der Waals surface area contributed by atoms with Crippen LogP contribution in [-0.4, -0.2) is 20.6 Å². The average Bonchev–Trinajstić information content (AvgIpc) is 2.90. The molecule has 0 spiro atoms. The molecule has 0 amide bonds. The second-order valence-corrected chi connectivity index (χ2v) is 5.71. The number of H-pyrrole nitrogens is 1. The van der Waals surface area contributed by atoms with Gasteiger partial charge in [-0.1, -0.05) is 41.9 Å². The summed E-state index contributed by atoms with van der Waals surface area (Å²) in [5.41, 5.74) is -0.548. The molecule has 134 valence electrons. The Labute approximate surface area is 151 Å². The SMILES string of the molecule is O=C1O/C(=C\Cn2cc(Cl)c(=O)[nH]c2=O)C(OCc2ccccc2)=C1O. The maximum absolute atomic E-state index is 11.7. The Morgan fingerprint density at radius 2 is 1.96 bits per heavy atom. The highest BCUT2D eigenvalue weighted by Gasteiger charge is 2.31. The van der Waals surface area contributed by atoms with Gasteiger partial charge in [-0.05, 0) is 11.6 Å². The number of cyclic esters (lactones) is 1. The van der Waals surface area contributed by atoms with E-state index in [1.54, 1.807) is 0 Å². The minimum Gasteiger partial charge on any atom is -0.499 e. The van der Waals surface area contributed by atoms with Crippen molar-refractivity contribution in [2.45, 2.75) is 13.2 Å². The van der Waals surface area contributed by atoms with Gasteiger partial charge in [0, 0.05) is 12.7 Å². The number of benzene rings is 1. The van der Waals surface area contributed by atoms with E-state index in [4.69, 9.17) is 21.1 Å². The summed E-state index contributed by atoms with van der Waals surface area (Å²) < 4.78 is 11.5. The lowest BCUT2D eigenvalue weighted by atomic mass is 10.2. The number of ether oxygens (including phenoxy) is 2. The first kappa shape index (κ1) is 17.6. The van der Waals surface area contributed by atoms with E-state index >= 15 is 0 Å². The van der Waals surface area contributed by atoms with Gasteiger partial charge in [-0.3, -0.25) is 14.3 Å². The maximum atomic E-state index is 11.7. The van der Waals surface area contributed by atoms with Crippen LogP contribution in [0.3, 0.4) is 0 Å². The molecule has 0 radical (unpaired) electrons. The summed E-state index contributed by atoms with van der Waals surface area (Å²) in [7, 11) is 0. The Kier molecular flexibility index (Phi) is 4.94. The molecule has 1 aliphatic heterocycles. The third kappa shape index (κ3) is 3.70. The minimum absolute atomic E-state index is 0.0300. The number of aromatic nitrogens is 2. The quantitative estimate of drug-likeness (QED) is 0.767. The van der Waals surface area contributed by atoms with E-state index in [2.05, 4.69) is 0 Å². The first-order chi connectivity index (χ1) is 12.5. The summed E-state index contributed by atoms with van der Waals surface area (Å²) in [6.07, 6.45) is 2.52. The standard InChI is InChI=1S/C17H13ClN2O6/c18-11-8-20(17(24)19-15(11)22)7-6-12-14(13(21)16(23)26-12)25-9-10-4-2-1-3-5-10/h1-6,8,21H,7,9H2,(H,19,22,24)/b12-6-. The number of halogens is 1. The van der Waals surface area contributed by atoms with Crippen LogP contribution in [0.1, 0.15) is 5.56 Å². The topological polar surface area (TPSA) is 111 Å². The largest absolute Gasteiger partial charge is 0.499 e. The molecule has 0 aliphatic carbocycles. The third-order valence-corrected chi connectivity index (χ3v) is 3.77. The highest BCUT2D eigenvalue weighted by molar-refractivity contribution is 6.30. The maximum Gasteiger partial charge on any atom is 0.383 e. The van der Waals surface area contributed by atoms with Crippen molar-refractivity contribution in [3.8, 4) is 0 Å². The zero-order valence-electron chi connectivity index (χ0n) is 13.3. The summed E-state index contributed by atoms with van der Waals surface area (Å²) in [6, 6.07) is 9.14. The smallest absolute Gasteiger partial charge is 0.383 e. The molecule has 0 saturated heterocycles.